The highest BCUT2D eigenvalue weighted by Crippen LogP contribution is 2.36. The molecule has 0 heterocycles. The summed E-state index contributed by atoms with van der Waals surface area (Å²) in [6, 6.07) is 0. The smallest absolute Gasteiger partial charge is 0.305 e. The van der Waals surface area contributed by atoms with Crippen LogP contribution in [0.5, 0.6) is 0 Å². The van der Waals surface area contributed by atoms with Crippen molar-refractivity contribution in [2.45, 2.75) is 63.3 Å². The first kappa shape index (κ1) is 12.4. The zero-order valence-electron chi connectivity index (χ0n) is 10.2. The quantitative estimate of drug-likeness (QED) is 0.789. The molecular weight excluding hydrogens is 218 g/mol. The lowest BCUT2D eigenvalue weighted by molar-refractivity contribution is -0.141. The molecule has 0 spiro atoms. The van der Waals surface area contributed by atoms with Crippen molar-refractivity contribution in [2.24, 2.45) is 5.92 Å². The van der Waals surface area contributed by atoms with Crippen molar-refractivity contribution >= 4 is 11.9 Å². The molecule has 0 aromatic carbocycles. The lowest BCUT2D eigenvalue weighted by Gasteiger charge is -2.42. The molecule has 0 aliphatic heterocycles. The van der Waals surface area contributed by atoms with Gasteiger partial charge in [-0.1, -0.05) is 19.3 Å². The van der Waals surface area contributed by atoms with E-state index in [1.807, 2.05) is 0 Å². The maximum atomic E-state index is 12.1. The highest BCUT2D eigenvalue weighted by atomic mass is 16.4. The number of nitrogens with one attached hydrogen (secondary N) is 1. The van der Waals surface area contributed by atoms with Gasteiger partial charge in [0.2, 0.25) is 5.91 Å². The van der Waals surface area contributed by atoms with Crippen molar-refractivity contribution in [2.75, 3.05) is 0 Å². The SMILES string of the molecule is O=C(O)CC1(NC(=O)C2CCCCC2)CCC1. The minimum absolute atomic E-state index is 0.0749. The maximum absolute atomic E-state index is 12.1. The van der Waals surface area contributed by atoms with Crippen LogP contribution in [0.3, 0.4) is 0 Å². The molecule has 0 aromatic rings. The third-order valence-corrected chi connectivity index (χ3v) is 4.16. The normalized spacial score (nSPS) is 23.8. The Kier molecular flexibility index (Phi) is 3.69. The molecule has 0 aromatic heterocycles. The van der Waals surface area contributed by atoms with Gasteiger partial charge in [-0.3, -0.25) is 9.59 Å². The van der Waals surface area contributed by atoms with Crippen LogP contribution in [0.2, 0.25) is 0 Å². The van der Waals surface area contributed by atoms with Gasteiger partial charge < -0.3 is 10.4 Å². The number of carboxylic acids is 1. The highest BCUT2D eigenvalue weighted by Gasteiger charge is 2.41. The topological polar surface area (TPSA) is 66.4 Å². The van der Waals surface area contributed by atoms with E-state index in [0.29, 0.717) is 0 Å². The lowest BCUT2D eigenvalue weighted by atomic mass is 9.73. The van der Waals surface area contributed by atoms with Crippen LogP contribution in [0, 0.1) is 5.92 Å². The molecule has 1 amide bonds. The molecule has 0 unspecified atom stereocenters. The Morgan fingerprint density at radius 3 is 2.24 bits per heavy atom. The third kappa shape index (κ3) is 2.99. The van der Waals surface area contributed by atoms with Gasteiger partial charge >= 0.3 is 5.97 Å². The fraction of sp³-hybridized carbons (Fsp3) is 0.846. The first-order chi connectivity index (χ1) is 8.11. The number of amides is 1. The maximum Gasteiger partial charge on any atom is 0.305 e. The monoisotopic (exact) mass is 239 g/mol. The fourth-order valence-corrected chi connectivity index (χ4v) is 2.97. The zero-order chi connectivity index (χ0) is 12.3. The van der Waals surface area contributed by atoms with Gasteiger partial charge in [0.1, 0.15) is 0 Å². The van der Waals surface area contributed by atoms with Gasteiger partial charge in [-0.25, -0.2) is 0 Å². The minimum atomic E-state index is -0.811. The molecule has 0 saturated heterocycles. The number of hydrogen-bond acceptors (Lipinski definition) is 2. The summed E-state index contributed by atoms with van der Waals surface area (Å²) in [4.78, 5) is 22.9. The summed E-state index contributed by atoms with van der Waals surface area (Å²) in [6.07, 6.45) is 8.15. The molecule has 17 heavy (non-hydrogen) atoms. The summed E-state index contributed by atoms with van der Waals surface area (Å²) in [5, 5.41) is 11.9. The number of carbonyl (C=O) groups excluding carboxylic acids is 1. The second-order valence-corrected chi connectivity index (χ2v) is 5.53. The van der Waals surface area contributed by atoms with Crippen LogP contribution in [0.25, 0.3) is 0 Å². The average molecular weight is 239 g/mol. The van der Waals surface area contributed by atoms with Gasteiger partial charge in [0.15, 0.2) is 0 Å². The van der Waals surface area contributed by atoms with Crippen LogP contribution in [-0.4, -0.2) is 22.5 Å². The van der Waals surface area contributed by atoms with Gasteiger partial charge in [-0.2, -0.15) is 0 Å². The van der Waals surface area contributed by atoms with Crippen molar-refractivity contribution in [1.29, 1.82) is 0 Å². The molecule has 2 aliphatic carbocycles. The molecular formula is C13H21NO3. The van der Waals surface area contributed by atoms with Gasteiger partial charge in [-0.05, 0) is 32.1 Å². The number of rotatable bonds is 4. The molecule has 2 saturated carbocycles. The Bertz CT molecular complexity index is 304. The van der Waals surface area contributed by atoms with Crippen LogP contribution < -0.4 is 5.32 Å². The van der Waals surface area contributed by atoms with E-state index in [1.165, 1.54) is 6.42 Å². The largest absolute Gasteiger partial charge is 0.481 e. The Balaban J connectivity index is 1.89. The molecule has 0 bridgehead atoms. The number of carboxylic acid groups (broad SMARTS) is 1. The summed E-state index contributed by atoms with van der Waals surface area (Å²) >= 11 is 0. The molecule has 96 valence electrons. The first-order valence-corrected chi connectivity index (χ1v) is 6.65. The Morgan fingerprint density at radius 1 is 1.12 bits per heavy atom. The van der Waals surface area contributed by atoms with Gasteiger partial charge in [0, 0.05) is 5.92 Å². The number of carbonyl (C=O) groups is 2. The van der Waals surface area contributed by atoms with E-state index in [9.17, 15) is 9.59 Å². The average Bonchev–Trinajstić information content (AvgIpc) is 2.26. The van der Waals surface area contributed by atoms with Crippen molar-refractivity contribution in [1.82, 2.24) is 5.32 Å². The fourth-order valence-electron chi connectivity index (χ4n) is 2.97. The van der Waals surface area contributed by atoms with Gasteiger partial charge in [0.05, 0.1) is 12.0 Å². The molecule has 2 rings (SSSR count). The number of aliphatic carboxylic acids is 1. The molecule has 2 N–H and O–H groups in total. The molecule has 0 atom stereocenters. The van der Waals surface area contributed by atoms with E-state index in [-0.39, 0.29) is 18.2 Å². The van der Waals surface area contributed by atoms with Crippen LogP contribution >= 0.6 is 0 Å². The van der Waals surface area contributed by atoms with Crippen molar-refractivity contribution in [3.05, 3.63) is 0 Å². The van der Waals surface area contributed by atoms with Gasteiger partial charge in [-0.15, -0.1) is 0 Å². The van der Waals surface area contributed by atoms with Crippen LogP contribution in [-0.2, 0) is 9.59 Å². The first-order valence-electron chi connectivity index (χ1n) is 6.65. The number of hydrogen-bond donors (Lipinski definition) is 2. The predicted octanol–water partition coefficient (Wildman–Crippen LogP) is 2.08. The van der Waals surface area contributed by atoms with E-state index in [4.69, 9.17) is 5.11 Å². The van der Waals surface area contributed by atoms with E-state index in [1.54, 1.807) is 0 Å². The zero-order valence-corrected chi connectivity index (χ0v) is 10.2. The van der Waals surface area contributed by atoms with E-state index >= 15 is 0 Å². The Labute approximate surface area is 102 Å². The molecule has 0 radical (unpaired) electrons. The third-order valence-electron chi connectivity index (χ3n) is 4.16. The van der Waals surface area contributed by atoms with Crippen molar-refractivity contribution in [3.8, 4) is 0 Å². The summed E-state index contributed by atoms with van der Waals surface area (Å²) in [5.74, 6) is -0.602. The summed E-state index contributed by atoms with van der Waals surface area (Å²) < 4.78 is 0. The molecule has 2 fully saturated rings. The van der Waals surface area contributed by atoms with Crippen LogP contribution in [0.15, 0.2) is 0 Å². The predicted molar refractivity (Wildman–Crippen MR) is 63.6 cm³/mol. The highest BCUT2D eigenvalue weighted by molar-refractivity contribution is 5.80. The Hall–Kier alpha value is -1.06. The van der Waals surface area contributed by atoms with E-state index in [2.05, 4.69) is 5.32 Å². The van der Waals surface area contributed by atoms with Crippen LogP contribution in [0.1, 0.15) is 57.8 Å². The molecule has 4 nitrogen and oxygen atoms in total. The molecule has 2 aliphatic rings. The lowest BCUT2D eigenvalue weighted by Crippen LogP contribution is -2.56. The van der Waals surface area contributed by atoms with Crippen molar-refractivity contribution in [3.63, 3.8) is 0 Å². The summed E-state index contributed by atoms with van der Waals surface area (Å²) in [7, 11) is 0. The Morgan fingerprint density at radius 2 is 1.76 bits per heavy atom. The summed E-state index contributed by atoms with van der Waals surface area (Å²) in [5.41, 5.74) is -0.430. The second kappa shape index (κ2) is 5.07. The van der Waals surface area contributed by atoms with Crippen molar-refractivity contribution < 1.29 is 14.7 Å². The summed E-state index contributed by atoms with van der Waals surface area (Å²) in [6.45, 7) is 0. The second-order valence-electron chi connectivity index (χ2n) is 5.53. The minimum Gasteiger partial charge on any atom is -0.481 e. The standard InChI is InChI=1S/C13H21NO3/c15-11(16)9-13(7-4-8-13)14-12(17)10-5-2-1-3-6-10/h10H,1-9H2,(H,14,17)(H,15,16). The molecule has 4 heteroatoms. The van der Waals surface area contributed by atoms with E-state index < -0.39 is 11.5 Å². The van der Waals surface area contributed by atoms with E-state index in [0.717, 1.165) is 44.9 Å². The van der Waals surface area contributed by atoms with Crippen LogP contribution in [0.4, 0.5) is 0 Å². The van der Waals surface area contributed by atoms with Gasteiger partial charge in [0.25, 0.3) is 0 Å².